The van der Waals surface area contributed by atoms with Gasteiger partial charge >= 0.3 is 0 Å². The molecular weight excluding hydrogens is 336 g/mol. The summed E-state index contributed by atoms with van der Waals surface area (Å²) in [6.07, 6.45) is 1.57. The first-order chi connectivity index (χ1) is 11.8. The van der Waals surface area contributed by atoms with Crippen molar-refractivity contribution in [2.24, 2.45) is 0 Å². The van der Waals surface area contributed by atoms with Gasteiger partial charge in [0.25, 0.3) is 0 Å². The van der Waals surface area contributed by atoms with Gasteiger partial charge in [0.15, 0.2) is 0 Å². The summed E-state index contributed by atoms with van der Waals surface area (Å²) in [6.45, 7) is 3.95. The molecule has 2 N–H and O–H groups in total. The van der Waals surface area contributed by atoms with Crippen molar-refractivity contribution in [3.05, 3.63) is 70.6 Å². The van der Waals surface area contributed by atoms with Crippen LogP contribution in [0.2, 0.25) is 0 Å². The largest absolute Gasteiger partial charge is 0.326 e. The van der Waals surface area contributed by atoms with E-state index in [0.29, 0.717) is 5.69 Å². The van der Waals surface area contributed by atoms with Crippen molar-refractivity contribution in [2.75, 3.05) is 11.9 Å². The fourth-order valence-electron chi connectivity index (χ4n) is 2.36. The molecule has 0 fully saturated rings. The van der Waals surface area contributed by atoms with Gasteiger partial charge in [0.2, 0.25) is 15.9 Å². The van der Waals surface area contributed by atoms with Gasteiger partial charge in [0.1, 0.15) is 0 Å². The molecule has 0 atom stereocenters. The maximum atomic E-state index is 11.9. The van der Waals surface area contributed by atoms with E-state index in [4.69, 9.17) is 0 Å². The number of benzene rings is 2. The Morgan fingerprint density at radius 2 is 1.68 bits per heavy atom. The maximum Gasteiger partial charge on any atom is 0.233 e. The highest BCUT2D eigenvalue weighted by Crippen LogP contribution is 2.13. The number of carbonyl (C=O) groups is 1. The van der Waals surface area contributed by atoms with Gasteiger partial charge in [0.05, 0.1) is 0 Å². The fraction of sp³-hybridized carbons (Fsp3) is 0.211. The van der Waals surface area contributed by atoms with Crippen LogP contribution in [0.25, 0.3) is 6.08 Å². The topological polar surface area (TPSA) is 75.3 Å². The van der Waals surface area contributed by atoms with Crippen LogP contribution >= 0.6 is 0 Å². The van der Waals surface area contributed by atoms with Crippen LogP contribution in [0.3, 0.4) is 0 Å². The van der Waals surface area contributed by atoms with Gasteiger partial charge in [-0.05, 0) is 48.7 Å². The van der Waals surface area contributed by atoms with Crippen molar-refractivity contribution in [3.8, 4) is 0 Å². The fourth-order valence-corrected chi connectivity index (χ4v) is 3.18. The zero-order valence-corrected chi connectivity index (χ0v) is 15.1. The number of rotatable bonds is 7. The van der Waals surface area contributed by atoms with Crippen LogP contribution in [0.1, 0.15) is 23.1 Å². The summed E-state index contributed by atoms with van der Waals surface area (Å²) in [4.78, 5) is 11.9. The van der Waals surface area contributed by atoms with E-state index in [1.165, 1.54) is 6.08 Å². The molecule has 132 valence electrons. The highest BCUT2D eigenvalue weighted by molar-refractivity contribution is 7.92. The van der Waals surface area contributed by atoms with Crippen molar-refractivity contribution in [1.82, 2.24) is 4.72 Å². The second kappa shape index (κ2) is 8.60. The Morgan fingerprint density at radius 3 is 2.32 bits per heavy atom. The quantitative estimate of drug-likeness (QED) is 0.798. The van der Waals surface area contributed by atoms with E-state index >= 15 is 0 Å². The normalized spacial score (nSPS) is 11.6. The number of nitrogens with one attached hydrogen (secondary N) is 2. The standard InChI is InChI=1S/C19H22N2O3S/c1-15-12-16(2)14-18(13-15)21-19(22)8-10-20-25(23,24)11-9-17-6-4-3-5-7-17/h3-7,9,11-14,20H,8,10H2,1-2H3,(H,21,22)/b11-9+. The zero-order valence-electron chi connectivity index (χ0n) is 14.3. The highest BCUT2D eigenvalue weighted by Gasteiger charge is 2.08. The Kier molecular flexibility index (Phi) is 6.50. The Hall–Kier alpha value is -2.44. The molecule has 6 heteroatoms. The number of amides is 1. The van der Waals surface area contributed by atoms with Gasteiger partial charge < -0.3 is 5.32 Å². The molecule has 0 unspecified atom stereocenters. The molecular formula is C19H22N2O3S. The minimum Gasteiger partial charge on any atom is -0.326 e. The minimum absolute atomic E-state index is 0.0398. The zero-order chi connectivity index (χ0) is 18.3. The van der Waals surface area contributed by atoms with Crippen LogP contribution in [0.15, 0.2) is 53.9 Å². The number of hydrogen-bond acceptors (Lipinski definition) is 3. The first-order valence-corrected chi connectivity index (χ1v) is 9.50. The molecule has 2 aromatic rings. The Balaban J connectivity index is 1.82. The van der Waals surface area contributed by atoms with Gasteiger partial charge in [-0.25, -0.2) is 13.1 Å². The molecule has 25 heavy (non-hydrogen) atoms. The smallest absolute Gasteiger partial charge is 0.233 e. The van der Waals surface area contributed by atoms with Crippen LogP contribution in [0.4, 0.5) is 5.69 Å². The summed E-state index contributed by atoms with van der Waals surface area (Å²) in [7, 11) is -3.57. The number of carbonyl (C=O) groups excluding carboxylic acids is 1. The second-order valence-corrected chi connectivity index (χ2v) is 7.48. The molecule has 0 saturated heterocycles. The summed E-state index contributed by atoms with van der Waals surface area (Å²) >= 11 is 0. The maximum absolute atomic E-state index is 11.9. The van der Waals surface area contributed by atoms with Gasteiger partial charge in [-0.15, -0.1) is 0 Å². The summed E-state index contributed by atoms with van der Waals surface area (Å²) in [6, 6.07) is 14.9. The lowest BCUT2D eigenvalue weighted by atomic mass is 10.1. The van der Waals surface area contributed by atoms with Crippen molar-refractivity contribution >= 4 is 27.7 Å². The lowest BCUT2D eigenvalue weighted by Gasteiger charge is -2.08. The summed E-state index contributed by atoms with van der Waals surface area (Å²) < 4.78 is 26.2. The van der Waals surface area contributed by atoms with Crippen LogP contribution in [-0.4, -0.2) is 20.9 Å². The monoisotopic (exact) mass is 358 g/mol. The van der Waals surface area contributed by atoms with E-state index in [1.807, 2.05) is 62.4 Å². The Labute approximate surface area is 148 Å². The molecule has 0 saturated carbocycles. The van der Waals surface area contributed by atoms with E-state index in [1.54, 1.807) is 0 Å². The van der Waals surface area contributed by atoms with Crippen LogP contribution in [0.5, 0.6) is 0 Å². The Morgan fingerprint density at radius 1 is 1.04 bits per heavy atom. The average Bonchev–Trinajstić information content (AvgIpc) is 2.53. The number of hydrogen-bond donors (Lipinski definition) is 2. The van der Waals surface area contributed by atoms with Crippen LogP contribution in [-0.2, 0) is 14.8 Å². The van der Waals surface area contributed by atoms with E-state index < -0.39 is 10.0 Å². The van der Waals surface area contributed by atoms with Gasteiger partial charge in [0, 0.05) is 24.1 Å². The molecule has 0 aromatic heterocycles. The van der Waals surface area contributed by atoms with Crippen molar-refractivity contribution in [1.29, 1.82) is 0 Å². The highest BCUT2D eigenvalue weighted by atomic mass is 32.2. The summed E-state index contributed by atoms with van der Waals surface area (Å²) in [5.74, 6) is -0.236. The molecule has 2 aromatic carbocycles. The predicted molar refractivity (Wildman–Crippen MR) is 102 cm³/mol. The average molecular weight is 358 g/mol. The molecule has 0 aliphatic heterocycles. The van der Waals surface area contributed by atoms with Gasteiger partial charge in [-0.1, -0.05) is 36.4 Å². The molecule has 0 aliphatic rings. The van der Waals surface area contributed by atoms with E-state index in [9.17, 15) is 13.2 Å². The lowest BCUT2D eigenvalue weighted by molar-refractivity contribution is -0.116. The lowest BCUT2D eigenvalue weighted by Crippen LogP contribution is -2.26. The number of aryl methyl sites for hydroxylation is 2. The first-order valence-electron chi connectivity index (χ1n) is 7.95. The molecule has 0 aliphatic carbocycles. The van der Waals surface area contributed by atoms with E-state index in [2.05, 4.69) is 10.0 Å². The third kappa shape index (κ3) is 6.91. The molecule has 5 nitrogen and oxygen atoms in total. The first kappa shape index (κ1) is 18.9. The molecule has 0 heterocycles. The molecule has 0 bridgehead atoms. The van der Waals surface area contributed by atoms with Crippen molar-refractivity contribution < 1.29 is 13.2 Å². The molecule has 1 amide bonds. The summed E-state index contributed by atoms with van der Waals surface area (Å²) in [5.41, 5.74) is 3.62. The second-order valence-electron chi connectivity index (χ2n) is 5.83. The van der Waals surface area contributed by atoms with Gasteiger partial charge in [-0.2, -0.15) is 0 Å². The van der Waals surface area contributed by atoms with E-state index in [-0.39, 0.29) is 18.9 Å². The predicted octanol–water partition coefficient (Wildman–Crippen LogP) is 3.22. The van der Waals surface area contributed by atoms with Crippen LogP contribution in [0, 0.1) is 13.8 Å². The van der Waals surface area contributed by atoms with Gasteiger partial charge in [-0.3, -0.25) is 4.79 Å². The third-order valence-corrected chi connectivity index (χ3v) is 4.50. The number of anilines is 1. The molecule has 2 rings (SSSR count). The number of sulfonamides is 1. The Bertz CT molecular complexity index is 839. The minimum atomic E-state index is -3.57. The van der Waals surface area contributed by atoms with Crippen molar-refractivity contribution in [3.63, 3.8) is 0 Å². The van der Waals surface area contributed by atoms with E-state index in [0.717, 1.165) is 22.1 Å². The third-order valence-electron chi connectivity index (χ3n) is 3.40. The molecule has 0 spiro atoms. The van der Waals surface area contributed by atoms with Crippen molar-refractivity contribution in [2.45, 2.75) is 20.3 Å². The summed E-state index contributed by atoms with van der Waals surface area (Å²) in [5, 5.41) is 3.88. The SMILES string of the molecule is Cc1cc(C)cc(NC(=O)CCNS(=O)(=O)/C=C/c2ccccc2)c1. The van der Waals surface area contributed by atoms with Crippen LogP contribution < -0.4 is 10.0 Å². The molecule has 0 radical (unpaired) electrons.